The zero-order valence-corrected chi connectivity index (χ0v) is 10.5. The highest BCUT2D eigenvalue weighted by Crippen LogP contribution is 2.10. The van der Waals surface area contributed by atoms with Crippen LogP contribution >= 0.6 is 11.3 Å². The van der Waals surface area contributed by atoms with Crippen molar-refractivity contribution in [2.45, 2.75) is 12.8 Å². The first-order valence-electron chi connectivity index (χ1n) is 5.73. The Bertz CT molecular complexity index is 329. The fourth-order valence-electron chi connectivity index (χ4n) is 1.90. The summed E-state index contributed by atoms with van der Waals surface area (Å²) in [6.07, 6.45) is 1.54. The summed E-state index contributed by atoms with van der Waals surface area (Å²) in [5.74, 6) is 0.305. The van der Waals surface area contributed by atoms with Gasteiger partial charge in [0.15, 0.2) is 0 Å². The number of hydrogen-bond acceptors (Lipinski definition) is 3. The van der Waals surface area contributed by atoms with E-state index in [0.29, 0.717) is 12.3 Å². The Hall–Kier alpha value is -0.870. The summed E-state index contributed by atoms with van der Waals surface area (Å²) < 4.78 is 0. The first kappa shape index (κ1) is 11.6. The van der Waals surface area contributed by atoms with Crippen LogP contribution in [-0.2, 0) is 11.2 Å². The van der Waals surface area contributed by atoms with Gasteiger partial charge in [0.1, 0.15) is 0 Å². The van der Waals surface area contributed by atoms with Gasteiger partial charge in [-0.15, -0.1) is 0 Å². The highest BCUT2D eigenvalue weighted by Gasteiger charge is 2.18. The van der Waals surface area contributed by atoms with Crippen molar-refractivity contribution in [1.29, 1.82) is 0 Å². The molecule has 1 fully saturated rings. The smallest absolute Gasteiger partial charge is 0.222 e. The van der Waals surface area contributed by atoms with Crippen molar-refractivity contribution >= 4 is 17.2 Å². The summed E-state index contributed by atoms with van der Waals surface area (Å²) in [5.41, 5.74) is 1.28. The number of nitrogens with zero attached hydrogens (tertiary/aromatic N) is 2. The van der Waals surface area contributed by atoms with Crippen LogP contribution in [0.3, 0.4) is 0 Å². The van der Waals surface area contributed by atoms with Crippen LogP contribution in [0.15, 0.2) is 16.8 Å². The van der Waals surface area contributed by atoms with Gasteiger partial charge in [0, 0.05) is 32.6 Å². The highest BCUT2D eigenvalue weighted by atomic mass is 32.1. The second-order valence-electron chi connectivity index (χ2n) is 4.32. The average Bonchev–Trinajstić information content (AvgIpc) is 2.80. The van der Waals surface area contributed by atoms with Gasteiger partial charge in [-0.1, -0.05) is 0 Å². The Morgan fingerprint density at radius 3 is 2.75 bits per heavy atom. The lowest BCUT2D eigenvalue weighted by Gasteiger charge is -2.32. The van der Waals surface area contributed by atoms with E-state index in [2.05, 4.69) is 28.8 Å². The summed E-state index contributed by atoms with van der Waals surface area (Å²) in [4.78, 5) is 16.2. The van der Waals surface area contributed by atoms with Crippen LogP contribution < -0.4 is 0 Å². The molecule has 1 aromatic rings. The molecule has 0 N–H and O–H groups in total. The SMILES string of the molecule is CN1CCN(C(=O)CCc2ccsc2)CC1. The number of thiophene rings is 1. The van der Waals surface area contributed by atoms with Gasteiger partial charge in [0.05, 0.1) is 0 Å². The van der Waals surface area contributed by atoms with Crippen molar-refractivity contribution in [3.05, 3.63) is 22.4 Å². The van der Waals surface area contributed by atoms with Gasteiger partial charge in [-0.3, -0.25) is 4.79 Å². The van der Waals surface area contributed by atoms with Crippen LogP contribution in [0.25, 0.3) is 0 Å². The van der Waals surface area contributed by atoms with Gasteiger partial charge in [-0.25, -0.2) is 0 Å². The lowest BCUT2D eigenvalue weighted by Crippen LogP contribution is -2.47. The van der Waals surface area contributed by atoms with Gasteiger partial charge in [0.2, 0.25) is 5.91 Å². The van der Waals surface area contributed by atoms with Crippen LogP contribution in [0.2, 0.25) is 0 Å². The predicted octanol–water partition coefficient (Wildman–Crippen LogP) is 1.45. The van der Waals surface area contributed by atoms with Crippen molar-refractivity contribution in [1.82, 2.24) is 9.80 Å². The summed E-state index contributed by atoms with van der Waals surface area (Å²) >= 11 is 1.70. The fourth-order valence-corrected chi connectivity index (χ4v) is 2.60. The van der Waals surface area contributed by atoms with Crippen molar-refractivity contribution in [3.8, 4) is 0 Å². The molecular weight excluding hydrogens is 220 g/mol. The molecule has 2 rings (SSSR count). The van der Waals surface area contributed by atoms with Crippen molar-refractivity contribution in [2.24, 2.45) is 0 Å². The molecule has 1 aliphatic rings. The van der Waals surface area contributed by atoms with E-state index < -0.39 is 0 Å². The molecule has 1 amide bonds. The normalized spacial score (nSPS) is 17.7. The Balaban J connectivity index is 1.75. The van der Waals surface area contributed by atoms with E-state index in [4.69, 9.17) is 0 Å². The average molecular weight is 238 g/mol. The van der Waals surface area contributed by atoms with Gasteiger partial charge in [-0.2, -0.15) is 11.3 Å². The maximum Gasteiger partial charge on any atom is 0.222 e. The summed E-state index contributed by atoms with van der Waals surface area (Å²) in [5, 5.41) is 4.19. The number of rotatable bonds is 3. The number of piperazine rings is 1. The molecule has 0 bridgehead atoms. The van der Waals surface area contributed by atoms with E-state index in [1.54, 1.807) is 11.3 Å². The first-order valence-corrected chi connectivity index (χ1v) is 6.67. The molecule has 0 saturated carbocycles. The van der Waals surface area contributed by atoms with Crippen LogP contribution in [0, 0.1) is 0 Å². The van der Waals surface area contributed by atoms with Crippen LogP contribution in [0.1, 0.15) is 12.0 Å². The van der Waals surface area contributed by atoms with Crippen LogP contribution in [-0.4, -0.2) is 48.9 Å². The molecular formula is C12H18N2OS. The summed E-state index contributed by atoms with van der Waals surface area (Å²) in [6.45, 7) is 3.78. The molecule has 88 valence electrons. The van der Waals surface area contributed by atoms with Crippen molar-refractivity contribution < 1.29 is 4.79 Å². The highest BCUT2D eigenvalue weighted by molar-refractivity contribution is 7.07. The zero-order valence-electron chi connectivity index (χ0n) is 9.69. The Kier molecular flexibility index (Phi) is 3.96. The van der Waals surface area contributed by atoms with E-state index >= 15 is 0 Å². The topological polar surface area (TPSA) is 23.6 Å². The van der Waals surface area contributed by atoms with E-state index in [1.165, 1.54) is 5.56 Å². The zero-order chi connectivity index (χ0) is 11.4. The third kappa shape index (κ3) is 3.06. The fraction of sp³-hybridized carbons (Fsp3) is 0.583. The van der Waals surface area contributed by atoms with E-state index in [0.717, 1.165) is 32.6 Å². The maximum absolute atomic E-state index is 11.9. The third-order valence-corrected chi connectivity index (χ3v) is 3.80. The molecule has 0 atom stereocenters. The molecule has 1 saturated heterocycles. The number of carbonyl (C=O) groups excluding carboxylic acids is 1. The molecule has 0 aromatic carbocycles. The number of carbonyl (C=O) groups is 1. The maximum atomic E-state index is 11.9. The first-order chi connectivity index (χ1) is 7.75. The largest absolute Gasteiger partial charge is 0.340 e. The molecule has 0 aliphatic carbocycles. The van der Waals surface area contributed by atoms with Gasteiger partial charge in [0.25, 0.3) is 0 Å². The van der Waals surface area contributed by atoms with Gasteiger partial charge < -0.3 is 9.80 Å². The van der Waals surface area contributed by atoms with Crippen molar-refractivity contribution in [2.75, 3.05) is 33.2 Å². The van der Waals surface area contributed by atoms with Crippen LogP contribution in [0.5, 0.6) is 0 Å². The second-order valence-corrected chi connectivity index (χ2v) is 5.10. The Labute approximate surface area is 101 Å². The lowest BCUT2D eigenvalue weighted by atomic mass is 10.1. The minimum absolute atomic E-state index is 0.305. The molecule has 1 aliphatic heterocycles. The van der Waals surface area contributed by atoms with E-state index in [-0.39, 0.29) is 0 Å². The standard InChI is InChI=1S/C12H18N2OS/c1-13-5-7-14(8-6-13)12(15)3-2-11-4-9-16-10-11/h4,9-10H,2-3,5-8H2,1H3. The number of aryl methyl sites for hydroxylation is 1. The minimum atomic E-state index is 0.305. The van der Waals surface area contributed by atoms with E-state index in [1.807, 2.05) is 4.90 Å². The second kappa shape index (κ2) is 5.46. The van der Waals surface area contributed by atoms with E-state index in [9.17, 15) is 4.79 Å². The lowest BCUT2D eigenvalue weighted by molar-refractivity contribution is -0.132. The van der Waals surface area contributed by atoms with Crippen molar-refractivity contribution in [3.63, 3.8) is 0 Å². The number of hydrogen-bond donors (Lipinski definition) is 0. The number of amides is 1. The Morgan fingerprint density at radius 1 is 1.38 bits per heavy atom. The molecule has 2 heterocycles. The molecule has 4 heteroatoms. The molecule has 1 aromatic heterocycles. The summed E-state index contributed by atoms with van der Waals surface area (Å²) in [6, 6.07) is 2.10. The number of likely N-dealkylation sites (N-methyl/N-ethyl adjacent to an activating group) is 1. The third-order valence-electron chi connectivity index (χ3n) is 3.06. The van der Waals surface area contributed by atoms with Gasteiger partial charge in [-0.05, 0) is 35.9 Å². The molecule has 0 unspecified atom stereocenters. The molecule has 0 radical (unpaired) electrons. The quantitative estimate of drug-likeness (QED) is 0.796. The molecule has 16 heavy (non-hydrogen) atoms. The minimum Gasteiger partial charge on any atom is -0.340 e. The van der Waals surface area contributed by atoms with Gasteiger partial charge >= 0.3 is 0 Å². The Morgan fingerprint density at radius 2 is 2.12 bits per heavy atom. The summed E-state index contributed by atoms with van der Waals surface area (Å²) in [7, 11) is 2.10. The molecule has 0 spiro atoms. The predicted molar refractivity (Wildman–Crippen MR) is 66.7 cm³/mol. The van der Waals surface area contributed by atoms with Crippen LogP contribution in [0.4, 0.5) is 0 Å². The monoisotopic (exact) mass is 238 g/mol. The molecule has 3 nitrogen and oxygen atoms in total.